The van der Waals surface area contributed by atoms with E-state index in [9.17, 15) is 4.79 Å². The van der Waals surface area contributed by atoms with Crippen LogP contribution in [0.5, 0.6) is 11.5 Å². The molecule has 0 saturated heterocycles. The molecule has 0 amide bonds. The van der Waals surface area contributed by atoms with Gasteiger partial charge in [0.25, 0.3) is 0 Å². The van der Waals surface area contributed by atoms with Gasteiger partial charge in [-0.15, -0.1) is 0 Å². The van der Waals surface area contributed by atoms with Crippen molar-refractivity contribution in [2.45, 2.75) is 19.8 Å². The number of rotatable bonds is 7. The fourth-order valence-corrected chi connectivity index (χ4v) is 1.99. The summed E-state index contributed by atoms with van der Waals surface area (Å²) in [4.78, 5) is 16.4. The Hall–Kier alpha value is -2.36. The van der Waals surface area contributed by atoms with Crippen molar-refractivity contribution in [3.8, 4) is 11.5 Å². The quantitative estimate of drug-likeness (QED) is 0.732. The number of para-hydroxylation sites is 1. The molecule has 0 atom stereocenters. The Bertz CT molecular complexity index is 610. The van der Waals surface area contributed by atoms with E-state index in [4.69, 9.17) is 9.47 Å². The van der Waals surface area contributed by atoms with Gasteiger partial charge in [-0.05, 0) is 18.6 Å². The summed E-state index contributed by atoms with van der Waals surface area (Å²) in [5, 5.41) is 0. The summed E-state index contributed by atoms with van der Waals surface area (Å²) < 4.78 is 10.8. The largest absolute Gasteiger partial charge is 0.496 e. The summed E-state index contributed by atoms with van der Waals surface area (Å²) in [5.41, 5.74) is 1.42. The minimum atomic E-state index is -0.00560. The summed E-state index contributed by atoms with van der Waals surface area (Å²) in [6.07, 6.45) is 4.38. The molecule has 0 aliphatic carbocycles. The number of ether oxygens (including phenoxy) is 2. The average molecular weight is 285 g/mol. The maximum atomic E-state index is 12.4. The minimum absolute atomic E-state index is 0.00560. The van der Waals surface area contributed by atoms with Crippen LogP contribution < -0.4 is 9.47 Å². The first-order valence-electron chi connectivity index (χ1n) is 6.97. The van der Waals surface area contributed by atoms with Crippen LogP contribution in [0.3, 0.4) is 0 Å². The van der Waals surface area contributed by atoms with Crippen LogP contribution in [0.4, 0.5) is 0 Å². The highest BCUT2D eigenvalue weighted by Gasteiger charge is 2.11. The van der Waals surface area contributed by atoms with Gasteiger partial charge in [0.2, 0.25) is 0 Å². The highest BCUT2D eigenvalue weighted by molar-refractivity contribution is 5.97. The van der Waals surface area contributed by atoms with Crippen LogP contribution in [0.15, 0.2) is 42.7 Å². The fraction of sp³-hybridized carbons (Fsp3) is 0.294. The molecule has 1 aromatic heterocycles. The van der Waals surface area contributed by atoms with Crippen LogP contribution in [0, 0.1) is 0 Å². The number of aromatic nitrogens is 1. The minimum Gasteiger partial charge on any atom is -0.496 e. The van der Waals surface area contributed by atoms with E-state index in [1.54, 1.807) is 25.6 Å². The third-order valence-electron chi connectivity index (χ3n) is 3.05. The van der Waals surface area contributed by atoms with Gasteiger partial charge in [0.05, 0.1) is 19.9 Å². The second kappa shape index (κ2) is 7.43. The molecule has 0 spiro atoms. The number of pyridine rings is 1. The van der Waals surface area contributed by atoms with E-state index in [-0.39, 0.29) is 12.2 Å². The Morgan fingerprint density at radius 2 is 2.05 bits per heavy atom. The Balaban J connectivity index is 2.13. The Kier molecular flexibility index (Phi) is 5.32. The van der Waals surface area contributed by atoms with Gasteiger partial charge in [0.15, 0.2) is 5.78 Å². The van der Waals surface area contributed by atoms with Gasteiger partial charge in [-0.3, -0.25) is 9.78 Å². The van der Waals surface area contributed by atoms with Gasteiger partial charge < -0.3 is 9.47 Å². The van der Waals surface area contributed by atoms with Crippen molar-refractivity contribution in [1.82, 2.24) is 4.98 Å². The average Bonchev–Trinajstić information content (AvgIpc) is 2.53. The Labute approximate surface area is 124 Å². The van der Waals surface area contributed by atoms with Crippen LogP contribution in [0.25, 0.3) is 0 Å². The van der Waals surface area contributed by atoms with E-state index in [2.05, 4.69) is 4.98 Å². The van der Waals surface area contributed by atoms with Crippen LogP contribution in [-0.2, 0) is 6.42 Å². The number of carbonyl (C=O) groups is 1. The monoisotopic (exact) mass is 285 g/mol. The summed E-state index contributed by atoms with van der Waals surface area (Å²) in [7, 11) is 1.60. The van der Waals surface area contributed by atoms with Crippen molar-refractivity contribution >= 4 is 5.78 Å². The second-order valence-electron chi connectivity index (χ2n) is 4.67. The summed E-state index contributed by atoms with van der Waals surface area (Å²) in [6, 6.07) is 9.25. The highest BCUT2D eigenvalue weighted by Crippen LogP contribution is 2.20. The lowest BCUT2D eigenvalue weighted by atomic mass is 10.0. The maximum Gasteiger partial charge on any atom is 0.169 e. The van der Waals surface area contributed by atoms with Crippen molar-refractivity contribution in [2.75, 3.05) is 13.7 Å². The van der Waals surface area contributed by atoms with E-state index in [1.807, 2.05) is 31.2 Å². The standard InChI is InChI=1S/C17H19NO3/c1-3-8-21-15-9-14(11-18-12-15)16(19)10-13-6-4-5-7-17(13)20-2/h4-7,9,11-12H,3,8,10H2,1-2H3. The molecular formula is C17H19NO3. The zero-order chi connectivity index (χ0) is 15.1. The van der Waals surface area contributed by atoms with Gasteiger partial charge in [0.1, 0.15) is 11.5 Å². The normalized spacial score (nSPS) is 10.2. The molecule has 0 fully saturated rings. The van der Waals surface area contributed by atoms with Crippen molar-refractivity contribution < 1.29 is 14.3 Å². The van der Waals surface area contributed by atoms with Gasteiger partial charge in [-0.25, -0.2) is 0 Å². The molecule has 0 radical (unpaired) electrons. The molecule has 21 heavy (non-hydrogen) atoms. The zero-order valence-corrected chi connectivity index (χ0v) is 12.3. The molecule has 1 aromatic carbocycles. The molecule has 0 unspecified atom stereocenters. The third kappa shape index (κ3) is 4.05. The summed E-state index contributed by atoms with van der Waals surface area (Å²) >= 11 is 0. The first-order valence-corrected chi connectivity index (χ1v) is 6.97. The maximum absolute atomic E-state index is 12.4. The lowest BCUT2D eigenvalue weighted by Gasteiger charge is -2.08. The number of hydrogen-bond acceptors (Lipinski definition) is 4. The molecular weight excluding hydrogens is 266 g/mol. The Morgan fingerprint density at radius 3 is 2.81 bits per heavy atom. The number of carbonyl (C=O) groups excluding carboxylic acids is 1. The highest BCUT2D eigenvalue weighted by atomic mass is 16.5. The van der Waals surface area contributed by atoms with E-state index in [0.717, 1.165) is 17.7 Å². The van der Waals surface area contributed by atoms with Crippen LogP contribution in [-0.4, -0.2) is 24.5 Å². The summed E-state index contributed by atoms with van der Waals surface area (Å²) in [6.45, 7) is 2.65. The number of ketones is 1. The lowest BCUT2D eigenvalue weighted by molar-refractivity contribution is 0.0991. The lowest BCUT2D eigenvalue weighted by Crippen LogP contribution is -2.06. The Morgan fingerprint density at radius 1 is 1.24 bits per heavy atom. The predicted molar refractivity (Wildman–Crippen MR) is 81.1 cm³/mol. The molecule has 0 aliphatic heterocycles. The van der Waals surface area contributed by atoms with Crippen molar-refractivity contribution in [3.63, 3.8) is 0 Å². The number of Topliss-reactive ketones (excluding diaryl/α,β-unsaturated/α-hetero) is 1. The zero-order valence-electron chi connectivity index (χ0n) is 12.3. The molecule has 0 N–H and O–H groups in total. The van der Waals surface area contributed by atoms with E-state index in [0.29, 0.717) is 17.9 Å². The predicted octanol–water partition coefficient (Wildman–Crippen LogP) is 3.30. The second-order valence-corrected chi connectivity index (χ2v) is 4.67. The van der Waals surface area contributed by atoms with Gasteiger partial charge in [-0.2, -0.15) is 0 Å². The molecule has 4 nitrogen and oxygen atoms in total. The van der Waals surface area contributed by atoms with Crippen LogP contribution in [0.1, 0.15) is 29.3 Å². The molecule has 2 rings (SSSR count). The van der Waals surface area contributed by atoms with E-state index in [1.165, 1.54) is 0 Å². The molecule has 110 valence electrons. The molecule has 4 heteroatoms. The molecule has 1 heterocycles. The van der Waals surface area contributed by atoms with Gasteiger partial charge in [-0.1, -0.05) is 25.1 Å². The smallest absolute Gasteiger partial charge is 0.169 e. The fourth-order valence-electron chi connectivity index (χ4n) is 1.99. The van der Waals surface area contributed by atoms with Crippen molar-refractivity contribution in [3.05, 3.63) is 53.9 Å². The topological polar surface area (TPSA) is 48.4 Å². The number of nitrogens with zero attached hydrogens (tertiary/aromatic N) is 1. The van der Waals surface area contributed by atoms with E-state index < -0.39 is 0 Å². The number of hydrogen-bond donors (Lipinski definition) is 0. The molecule has 2 aromatic rings. The number of benzene rings is 1. The number of methoxy groups -OCH3 is 1. The SMILES string of the molecule is CCCOc1cncc(C(=O)Cc2ccccc2OC)c1. The van der Waals surface area contributed by atoms with Gasteiger partial charge in [0, 0.05) is 23.7 Å². The van der Waals surface area contributed by atoms with Crippen molar-refractivity contribution in [2.24, 2.45) is 0 Å². The van der Waals surface area contributed by atoms with Crippen molar-refractivity contribution in [1.29, 1.82) is 0 Å². The molecule has 0 aliphatic rings. The van der Waals surface area contributed by atoms with E-state index >= 15 is 0 Å². The first-order chi connectivity index (χ1) is 10.2. The van der Waals surface area contributed by atoms with Crippen LogP contribution in [0.2, 0.25) is 0 Å². The molecule has 0 bridgehead atoms. The first kappa shape index (κ1) is 15.0. The molecule has 0 saturated carbocycles. The van der Waals surface area contributed by atoms with Gasteiger partial charge >= 0.3 is 0 Å². The van der Waals surface area contributed by atoms with Crippen LogP contribution >= 0.6 is 0 Å². The summed E-state index contributed by atoms with van der Waals surface area (Å²) in [5.74, 6) is 1.34. The third-order valence-corrected chi connectivity index (χ3v) is 3.05.